The van der Waals surface area contributed by atoms with Crippen LogP contribution in [-0.2, 0) is 4.79 Å². The van der Waals surface area contributed by atoms with Crippen molar-refractivity contribution in [2.45, 2.75) is 26.2 Å². The lowest BCUT2D eigenvalue weighted by atomic mass is 9.95. The van der Waals surface area contributed by atoms with Gasteiger partial charge in [0.15, 0.2) is 0 Å². The Kier molecular flexibility index (Phi) is 5.70. The van der Waals surface area contributed by atoms with Gasteiger partial charge in [-0.2, -0.15) is 0 Å². The number of nitrogens with one attached hydrogen (secondary N) is 1. The highest BCUT2D eigenvalue weighted by molar-refractivity contribution is 5.96. The molecule has 1 aromatic heterocycles. The molecule has 1 heterocycles. The molecule has 1 amide bonds. The van der Waals surface area contributed by atoms with Crippen molar-refractivity contribution in [1.82, 2.24) is 10.2 Å². The fourth-order valence-electron chi connectivity index (χ4n) is 3.48. The van der Waals surface area contributed by atoms with Gasteiger partial charge in [0, 0.05) is 16.8 Å². The summed E-state index contributed by atoms with van der Waals surface area (Å²) in [5.41, 5.74) is 4.44. The lowest BCUT2D eigenvalue weighted by Gasteiger charge is -2.15. The summed E-state index contributed by atoms with van der Waals surface area (Å²) in [5.74, 6) is 0.657. The molecule has 5 heteroatoms. The summed E-state index contributed by atoms with van der Waals surface area (Å²) in [6.07, 6.45) is 0.721. The van der Waals surface area contributed by atoms with Gasteiger partial charge in [0.25, 0.3) is 0 Å². The molecule has 0 spiro atoms. The fraction of sp³-hybridized carbons (Fsp3) is 0.160. The van der Waals surface area contributed by atoms with E-state index in [0.717, 1.165) is 28.7 Å². The van der Waals surface area contributed by atoms with Crippen LogP contribution in [0.4, 0.5) is 5.69 Å². The van der Waals surface area contributed by atoms with Crippen LogP contribution in [0.25, 0.3) is 22.9 Å². The molecule has 1 N–H and O–H groups in total. The van der Waals surface area contributed by atoms with Crippen LogP contribution in [0, 0.1) is 6.92 Å². The summed E-state index contributed by atoms with van der Waals surface area (Å²) in [6.45, 7) is 4.02. The van der Waals surface area contributed by atoms with E-state index in [1.165, 1.54) is 0 Å². The van der Waals surface area contributed by atoms with Crippen LogP contribution in [0.2, 0.25) is 0 Å². The van der Waals surface area contributed by atoms with E-state index in [9.17, 15) is 4.79 Å². The van der Waals surface area contributed by atoms with Gasteiger partial charge in [-0.05, 0) is 48.7 Å². The first-order chi connectivity index (χ1) is 14.7. The average Bonchev–Trinajstić information content (AvgIpc) is 3.26. The van der Waals surface area contributed by atoms with E-state index in [-0.39, 0.29) is 11.8 Å². The van der Waals surface area contributed by atoms with Crippen molar-refractivity contribution in [3.05, 3.63) is 90.0 Å². The minimum atomic E-state index is -0.203. The molecule has 0 bridgehead atoms. The summed E-state index contributed by atoms with van der Waals surface area (Å²) in [5, 5.41) is 11.4. The average molecular weight is 397 g/mol. The number of benzene rings is 3. The van der Waals surface area contributed by atoms with Crippen molar-refractivity contribution in [1.29, 1.82) is 0 Å². The van der Waals surface area contributed by atoms with Crippen LogP contribution in [-0.4, -0.2) is 16.1 Å². The van der Waals surface area contributed by atoms with E-state index in [0.29, 0.717) is 17.5 Å². The third-order valence-corrected chi connectivity index (χ3v) is 5.10. The van der Waals surface area contributed by atoms with Gasteiger partial charge in [-0.3, -0.25) is 4.79 Å². The zero-order valence-corrected chi connectivity index (χ0v) is 17.0. The maximum atomic E-state index is 12.9. The molecule has 0 saturated heterocycles. The van der Waals surface area contributed by atoms with Gasteiger partial charge in [0.2, 0.25) is 17.7 Å². The normalized spacial score (nSPS) is 11.8. The van der Waals surface area contributed by atoms with Crippen molar-refractivity contribution >= 4 is 11.6 Å². The summed E-state index contributed by atoms with van der Waals surface area (Å²) in [6, 6.07) is 25.2. The molecule has 0 aliphatic heterocycles. The molecular formula is C25H23N3O2. The van der Waals surface area contributed by atoms with Crippen LogP contribution in [0.1, 0.15) is 30.4 Å². The maximum absolute atomic E-state index is 12.9. The molecular weight excluding hydrogens is 374 g/mol. The van der Waals surface area contributed by atoms with E-state index >= 15 is 0 Å². The van der Waals surface area contributed by atoms with Crippen molar-refractivity contribution in [3.8, 4) is 22.9 Å². The lowest BCUT2D eigenvalue weighted by molar-refractivity contribution is -0.117. The Bertz CT molecular complexity index is 1150. The first-order valence-electron chi connectivity index (χ1n) is 10.0. The summed E-state index contributed by atoms with van der Waals surface area (Å²) in [7, 11) is 0. The molecule has 0 saturated carbocycles. The number of aromatic nitrogens is 2. The highest BCUT2D eigenvalue weighted by atomic mass is 16.4. The van der Waals surface area contributed by atoms with Gasteiger partial charge in [-0.1, -0.05) is 61.5 Å². The standard InChI is InChI=1S/C25H23N3O2/c1-3-21(18-11-5-4-6-12-18)23(29)26-20-14-9-13-19(16-20)24-27-28-25(30-24)22-15-8-7-10-17(22)2/h4-16,21H,3H2,1-2H3,(H,26,29)/t21-/m1/s1. The second-order valence-corrected chi connectivity index (χ2v) is 7.17. The van der Waals surface area contributed by atoms with Gasteiger partial charge in [0.05, 0.1) is 5.92 Å². The number of carbonyl (C=O) groups is 1. The van der Waals surface area contributed by atoms with Gasteiger partial charge in [-0.25, -0.2) is 0 Å². The molecule has 0 aliphatic rings. The Morgan fingerprint density at radius 1 is 0.933 bits per heavy atom. The second kappa shape index (κ2) is 8.74. The third-order valence-electron chi connectivity index (χ3n) is 5.10. The van der Waals surface area contributed by atoms with E-state index in [2.05, 4.69) is 15.5 Å². The molecule has 0 radical (unpaired) electrons. The number of nitrogens with zero attached hydrogens (tertiary/aromatic N) is 2. The predicted molar refractivity (Wildman–Crippen MR) is 118 cm³/mol. The van der Waals surface area contributed by atoms with E-state index in [1.54, 1.807) is 0 Å². The Labute approximate surface area is 175 Å². The number of aryl methyl sites for hydroxylation is 1. The van der Waals surface area contributed by atoms with Crippen LogP contribution in [0.5, 0.6) is 0 Å². The van der Waals surface area contributed by atoms with Crippen LogP contribution < -0.4 is 5.32 Å². The fourth-order valence-corrected chi connectivity index (χ4v) is 3.48. The molecule has 30 heavy (non-hydrogen) atoms. The quantitative estimate of drug-likeness (QED) is 0.443. The molecule has 4 aromatic rings. The topological polar surface area (TPSA) is 68.0 Å². The zero-order valence-electron chi connectivity index (χ0n) is 17.0. The minimum Gasteiger partial charge on any atom is -0.416 e. The van der Waals surface area contributed by atoms with Crippen molar-refractivity contribution in [2.24, 2.45) is 0 Å². The Hall–Kier alpha value is -3.73. The van der Waals surface area contributed by atoms with Crippen LogP contribution in [0.15, 0.2) is 83.3 Å². The molecule has 5 nitrogen and oxygen atoms in total. The third kappa shape index (κ3) is 4.15. The Balaban J connectivity index is 1.55. The van der Waals surface area contributed by atoms with Crippen molar-refractivity contribution in [3.63, 3.8) is 0 Å². The SMILES string of the molecule is CC[C@@H](C(=O)Nc1cccc(-c2nnc(-c3ccccc3C)o2)c1)c1ccccc1. The molecule has 4 rings (SSSR count). The monoisotopic (exact) mass is 397 g/mol. The number of carbonyl (C=O) groups excluding carboxylic acids is 1. The predicted octanol–water partition coefficient (Wildman–Crippen LogP) is 5.84. The van der Waals surface area contributed by atoms with Crippen molar-refractivity contribution in [2.75, 3.05) is 5.32 Å². The van der Waals surface area contributed by atoms with Gasteiger partial charge < -0.3 is 9.73 Å². The Morgan fingerprint density at radius 2 is 1.67 bits per heavy atom. The summed E-state index contributed by atoms with van der Waals surface area (Å²) >= 11 is 0. The van der Waals surface area contributed by atoms with E-state index in [4.69, 9.17) is 4.42 Å². The number of amides is 1. The Morgan fingerprint density at radius 3 is 2.43 bits per heavy atom. The molecule has 0 fully saturated rings. The largest absolute Gasteiger partial charge is 0.416 e. The molecule has 1 atom stereocenters. The van der Waals surface area contributed by atoms with Crippen molar-refractivity contribution < 1.29 is 9.21 Å². The molecule has 0 aliphatic carbocycles. The smallest absolute Gasteiger partial charge is 0.248 e. The number of hydrogen-bond donors (Lipinski definition) is 1. The number of anilines is 1. The second-order valence-electron chi connectivity index (χ2n) is 7.17. The van der Waals surface area contributed by atoms with Crippen LogP contribution in [0.3, 0.4) is 0 Å². The van der Waals surface area contributed by atoms with Gasteiger partial charge in [0.1, 0.15) is 0 Å². The maximum Gasteiger partial charge on any atom is 0.248 e. The van der Waals surface area contributed by atoms with E-state index < -0.39 is 0 Å². The number of hydrogen-bond acceptors (Lipinski definition) is 4. The molecule has 150 valence electrons. The zero-order chi connectivity index (χ0) is 20.9. The highest BCUT2D eigenvalue weighted by Gasteiger charge is 2.19. The summed E-state index contributed by atoms with van der Waals surface area (Å²) < 4.78 is 5.90. The lowest BCUT2D eigenvalue weighted by Crippen LogP contribution is -2.20. The van der Waals surface area contributed by atoms with Gasteiger partial charge in [-0.15, -0.1) is 10.2 Å². The number of rotatable bonds is 6. The van der Waals surface area contributed by atoms with Crippen LogP contribution >= 0.6 is 0 Å². The summed E-state index contributed by atoms with van der Waals surface area (Å²) in [4.78, 5) is 12.9. The molecule has 3 aromatic carbocycles. The molecule has 0 unspecified atom stereocenters. The first-order valence-corrected chi connectivity index (χ1v) is 10.0. The first kappa shape index (κ1) is 19.6. The minimum absolute atomic E-state index is 0.0352. The van der Waals surface area contributed by atoms with E-state index in [1.807, 2.05) is 92.7 Å². The highest BCUT2D eigenvalue weighted by Crippen LogP contribution is 2.28. The van der Waals surface area contributed by atoms with Gasteiger partial charge >= 0.3 is 0 Å².